The van der Waals surface area contributed by atoms with E-state index >= 15 is 0 Å². The van der Waals surface area contributed by atoms with Crippen LogP contribution in [0.1, 0.15) is 64.4 Å². The Hall–Kier alpha value is -5.38. The second-order valence-electron chi connectivity index (χ2n) is 13.8. The van der Waals surface area contributed by atoms with Gasteiger partial charge in [-0.05, 0) is 87.2 Å². The van der Waals surface area contributed by atoms with E-state index in [2.05, 4.69) is 36.1 Å². The van der Waals surface area contributed by atoms with Crippen molar-refractivity contribution < 1.29 is 29.1 Å². The summed E-state index contributed by atoms with van der Waals surface area (Å²) < 4.78 is 0. The quantitative estimate of drug-likeness (QED) is 0.0570. The Labute approximate surface area is 309 Å². The number of azo groups is 1. The Morgan fingerprint density at radius 2 is 1.47 bits per heavy atom. The normalized spacial score (nSPS) is 18.4. The summed E-state index contributed by atoms with van der Waals surface area (Å²) in [6.45, 7) is 5.32. The van der Waals surface area contributed by atoms with Crippen molar-refractivity contribution >= 4 is 46.9 Å². The zero-order valence-corrected chi connectivity index (χ0v) is 30.4. The van der Waals surface area contributed by atoms with Gasteiger partial charge in [0.1, 0.15) is 18.1 Å². The zero-order valence-electron chi connectivity index (χ0n) is 30.4. The monoisotopic (exact) mass is 732 g/mol. The fourth-order valence-electron chi connectivity index (χ4n) is 6.55. The Balaban J connectivity index is 1.29. The number of likely N-dealkylation sites (tertiary alicyclic amines) is 2. The predicted octanol–water partition coefficient (Wildman–Crippen LogP) is 2.33. The van der Waals surface area contributed by atoms with Crippen molar-refractivity contribution in [2.45, 2.75) is 89.5 Å². The number of carbonyl (C=O) groups excluding carboxylic acids is 4. The first kappa shape index (κ1) is 40.4. The smallest absolute Gasteiger partial charge is 0.326 e. The van der Waals surface area contributed by atoms with Gasteiger partial charge in [0.25, 0.3) is 0 Å². The molecule has 2 aliphatic heterocycles. The first-order valence-corrected chi connectivity index (χ1v) is 18.2. The molecule has 286 valence electrons. The maximum Gasteiger partial charge on any atom is 0.326 e. The Bertz CT molecular complexity index is 1610. The van der Waals surface area contributed by atoms with Crippen LogP contribution in [0.25, 0.3) is 0 Å². The number of carboxylic acid groups (broad SMARTS) is 1. The summed E-state index contributed by atoms with van der Waals surface area (Å²) in [7, 11) is 0. The molecule has 2 heterocycles. The van der Waals surface area contributed by atoms with Crippen LogP contribution in [0.3, 0.4) is 0 Å². The number of aliphatic carboxylic acids is 1. The van der Waals surface area contributed by atoms with Crippen molar-refractivity contribution in [1.29, 1.82) is 0 Å². The van der Waals surface area contributed by atoms with Gasteiger partial charge >= 0.3 is 5.97 Å². The van der Waals surface area contributed by atoms with Crippen molar-refractivity contribution in [3.63, 3.8) is 0 Å². The number of hydrogen-bond donors (Lipinski definition) is 6. The summed E-state index contributed by atoms with van der Waals surface area (Å²) in [4.78, 5) is 72.4. The van der Waals surface area contributed by atoms with Crippen molar-refractivity contribution in [2.24, 2.45) is 32.6 Å². The third kappa shape index (κ3) is 12.7. The standard InChI is InChI=1S/C37H52N10O6/c1-24(2)21-29(33(49)41-22-32(48)47-20-8-13-31(47)35(51)42-28(36(52)53)11-6-18-40-37(38)39)43-34(50)30-12-7-19-46(30)23-25-14-16-27(17-15-25)45-44-26-9-4-3-5-10-26/h3-5,9-10,14-17,24,28-31H,6-8,11-13,18-23H2,1-2H3,(H,41,49)(H,42,51)(H,43,50)(H,52,53)(H4,38,39,40)/t28-,29-,30-,31-/m0/s1. The van der Waals surface area contributed by atoms with Gasteiger partial charge in [0.2, 0.25) is 23.6 Å². The molecule has 2 aliphatic rings. The highest BCUT2D eigenvalue weighted by atomic mass is 16.4. The molecule has 0 aliphatic carbocycles. The van der Waals surface area contributed by atoms with Crippen LogP contribution in [0.2, 0.25) is 0 Å². The maximum absolute atomic E-state index is 13.6. The van der Waals surface area contributed by atoms with Crippen LogP contribution in [-0.4, -0.2) is 101 Å². The fourth-order valence-corrected chi connectivity index (χ4v) is 6.55. The van der Waals surface area contributed by atoms with Gasteiger partial charge in [-0.15, -0.1) is 0 Å². The third-order valence-corrected chi connectivity index (χ3v) is 9.22. The Kier molecular flexibility index (Phi) is 15.3. The SMILES string of the molecule is CC(C)C[C@H](NC(=O)[C@@H]1CCCN1Cc1ccc(N=Nc2ccccc2)cc1)C(=O)NCC(=O)N1CCC[C@H]1C(=O)N[C@@H](CCCN=C(N)N)C(=O)O. The van der Waals surface area contributed by atoms with Gasteiger partial charge in [0.05, 0.1) is 24.0 Å². The molecule has 2 aromatic rings. The highest BCUT2D eigenvalue weighted by Gasteiger charge is 2.37. The molecule has 8 N–H and O–H groups in total. The third-order valence-electron chi connectivity index (χ3n) is 9.22. The van der Waals surface area contributed by atoms with Crippen LogP contribution in [0, 0.1) is 5.92 Å². The molecule has 0 bridgehead atoms. The second kappa shape index (κ2) is 20.0. The van der Waals surface area contributed by atoms with E-state index in [1.54, 1.807) is 0 Å². The zero-order chi connectivity index (χ0) is 38.3. The van der Waals surface area contributed by atoms with E-state index in [0.29, 0.717) is 45.2 Å². The predicted molar refractivity (Wildman–Crippen MR) is 199 cm³/mol. The molecule has 2 saturated heterocycles. The minimum atomic E-state index is -1.21. The minimum Gasteiger partial charge on any atom is -0.480 e. The fraction of sp³-hybridized carbons (Fsp3) is 0.514. The van der Waals surface area contributed by atoms with E-state index in [1.807, 2.05) is 68.4 Å². The van der Waals surface area contributed by atoms with Gasteiger partial charge in [-0.3, -0.25) is 29.1 Å². The molecule has 16 nitrogen and oxygen atoms in total. The molecule has 0 unspecified atom stereocenters. The number of rotatable bonds is 18. The number of nitrogens with zero attached hydrogens (tertiary/aromatic N) is 5. The van der Waals surface area contributed by atoms with Gasteiger partial charge in [-0.2, -0.15) is 10.2 Å². The second-order valence-corrected chi connectivity index (χ2v) is 13.8. The van der Waals surface area contributed by atoms with E-state index in [1.165, 1.54) is 4.90 Å². The highest BCUT2D eigenvalue weighted by molar-refractivity contribution is 5.94. The number of aliphatic imine (C=N–C) groups is 1. The molecule has 4 atom stereocenters. The Morgan fingerprint density at radius 3 is 2.13 bits per heavy atom. The number of carbonyl (C=O) groups is 5. The van der Waals surface area contributed by atoms with Gasteiger partial charge < -0.3 is 37.4 Å². The van der Waals surface area contributed by atoms with Crippen molar-refractivity contribution in [2.75, 3.05) is 26.2 Å². The number of nitrogens with two attached hydrogens (primary N) is 2. The van der Waals surface area contributed by atoms with Crippen LogP contribution in [0.15, 0.2) is 69.8 Å². The average molecular weight is 733 g/mol. The molecule has 0 saturated carbocycles. The number of carboxylic acids is 1. The molecule has 0 radical (unpaired) electrons. The van der Waals surface area contributed by atoms with E-state index in [0.717, 1.165) is 29.9 Å². The number of guanidine groups is 1. The summed E-state index contributed by atoms with van der Waals surface area (Å²) in [5.41, 5.74) is 13.1. The summed E-state index contributed by atoms with van der Waals surface area (Å²) >= 11 is 0. The topological polar surface area (TPSA) is 237 Å². The first-order chi connectivity index (χ1) is 25.4. The molecule has 4 rings (SSSR count). The lowest BCUT2D eigenvalue weighted by molar-refractivity contribution is -0.144. The van der Waals surface area contributed by atoms with Crippen molar-refractivity contribution in [3.05, 3.63) is 60.2 Å². The molecule has 0 spiro atoms. The maximum atomic E-state index is 13.6. The summed E-state index contributed by atoms with van der Waals surface area (Å²) in [6.07, 6.45) is 3.21. The van der Waals surface area contributed by atoms with Crippen LogP contribution in [0.4, 0.5) is 11.4 Å². The first-order valence-electron chi connectivity index (χ1n) is 18.2. The van der Waals surface area contributed by atoms with Gasteiger partial charge in [-0.25, -0.2) is 4.79 Å². The average Bonchev–Trinajstić information content (AvgIpc) is 3.82. The van der Waals surface area contributed by atoms with Crippen LogP contribution in [-0.2, 0) is 30.5 Å². The molecule has 16 heteroatoms. The number of nitrogens with one attached hydrogen (secondary N) is 3. The van der Waals surface area contributed by atoms with Crippen molar-refractivity contribution in [1.82, 2.24) is 25.8 Å². The Morgan fingerprint density at radius 1 is 0.849 bits per heavy atom. The van der Waals surface area contributed by atoms with E-state index < -0.39 is 47.9 Å². The van der Waals surface area contributed by atoms with E-state index in [9.17, 15) is 29.1 Å². The number of amides is 4. The van der Waals surface area contributed by atoms with Crippen molar-refractivity contribution in [3.8, 4) is 0 Å². The molecule has 4 amide bonds. The van der Waals surface area contributed by atoms with Crippen LogP contribution >= 0.6 is 0 Å². The minimum absolute atomic E-state index is 0.0762. The van der Waals surface area contributed by atoms with Crippen LogP contribution in [0.5, 0.6) is 0 Å². The lowest BCUT2D eigenvalue weighted by Gasteiger charge is -2.28. The highest BCUT2D eigenvalue weighted by Crippen LogP contribution is 2.24. The summed E-state index contributed by atoms with van der Waals surface area (Å²) in [5, 5.41) is 26.3. The van der Waals surface area contributed by atoms with Gasteiger partial charge in [0, 0.05) is 19.6 Å². The molecule has 2 fully saturated rings. The van der Waals surface area contributed by atoms with E-state index in [-0.39, 0.29) is 37.3 Å². The van der Waals surface area contributed by atoms with E-state index in [4.69, 9.17) is 11.5 Å². The molecular formula is C37H52N10O6. The van der Waals surface area contributed by atoms with Gasteiger partial charge in [-0.1, -0.05) is 44.2 Å². The van der Waals surface area contributed by atoms with Crippen LogP contribution < -0.4 is 27.4 Å². The lowest BCUT2D eigenvalue weighted by atomic mass is 10.0. The molecule has 53 heavy (non-hydrogen) atoms. The van der Waals surface area contributed by atoms with Gasteiger partial charge in [0.15, 0.2) is 5.96 Å². The lowest BCUT2D eigenvalue weighted by Crippen LogP contribution is -2.55. The summed E-state index contributed by atoms with van der Waals surface area (Å²) in [6, 6.07) is 13.9. The molecular weight excluding hydrogens is 680 g/mol. The largest absolute Gasteiger partial charge is 0.480 e. The molecule has 0 aromatic heterocycles. The molecule has 2 aromatic carbocycles. The number of benzene rings is 2. The number of hydrogen-bond acceptors (Lipinski definition) is 9. The summed E-state index contributed by atoms with van der Waals surface area (Å²) in [5.74, 6) is -3.02.